The molecule has 1 nitrogen and oxygen atoms in total. The van der Waals surface area contributed by atoms with Crippen LogP contribution in [0.1, 0.15) is 49.4 Å². The molecule has 0 saturated heterocycles. The van der Waals surface area contributed by atoms with Crippen LogP contribution in [0.15, 0.2) is 18.2 Å². The third-order valence-electron chi connectivity index (χ3n) is 4.05. The number of para-hydroxylation sites is 1. The fraction of sp³-hybridized carbons (Fsp3) is 0.438. The average Bonchev–Trinajstić information content (AvgIpc) is 2.64. The normalized spacial score (nSPS) is 14.6. The molecule has 0 unspecified atom stereocenters. The van der Waals surface area contributed by atoms with Crippen LogP contribution >= 0.6 is 0 Å². The van der Waals surface area contributed by atoms with Gasteiger partial charge in [0.05, 0.1) is 0 Å². The van der Waals surface area contributed by atoms with Gasteiger partial charge in [-0.15, -0.1) is 7.05 Å². The fourth-order valence-electron chi connectivity index (χ4n) is 3.18. The third kappa shape index (κ3) is 2.06. The molecule has 93 valence electrons. The Morgan fingerprint density at radius 2 is 1.89 bits per heavy atom. The van der Waals surface area contributed by atoms with Crippen molar-refractivity contribution in [3.8, 4) is 0 Å². The van der Waals surface area contributed by atoms with Gasteiger partial charge in [0.15, 0.2) is 0 Å². The minimum absolute atomic E-state index is 0. The van der Waals surface area contributed by atoms with Gasteiger partial charge in [-0.05, 0) is 12.3 Å². The van der Waals surface area contributed by atoms with E-state index in [1.54, 1.807) is 5.56 Å². The summed E-state index contributed by atoms with van der Waals surface area (Å²) in [5, 5.41) is 1.45. The first-order chi connectivity index (χ1) is 8.20. The van der Waals surface area contributed by atoms with Crippen LogP contribution in [-0.2, 0) is 45.6 Å². The Balaban J connectivity index is 0.00000120. The van der Waals surface area contributed by atoms with Gasteiger partial charge in [-0.2, -0.15) is 0 Å². The number of aryl methyl sites for hydroxylation is 1. The molecule has 2 aromatic rings. The molecule has 1 aromatic heterocycles. The Bertz CT molecular complexity index is 566. The van der Waals surface area contributed by atoms with Gasteiger partial charge in [-0.3, -0.25) is 0 Å². The van der Waals surface area contributed by atoms with Gasteiger partial charge in [-0.1, -0.05) is 79.0 Å². The molecule has 0 spiro atoms. The van der Waals surface area contributed by atoms with E-state index in [1.807, 2.05) is 0 Å². The first kappa shape index (κ1) is 14.1. The fourth-order valence-corrected chi connectivity index (χ4v) is 3.18. The zero-order valence-corrected chi connectivity index (χ0v) is 14.2. The molecule has 0 amide bonds. The van der Waals surface area contributed by atoms with Gasteiger partial charge in [0.25, 0.3) is 0 Å². The predicted molar refractivity (Wildman–Crippen MR) is 73.4 cm³/mol. The molecule has 1 aliphatic rings. The molecular weight excluding hydrogens is 295 g/mol. The SMILES string of the molecule is [CH2-]n1c2c(c3cccc(C(C)C)c31)CCCC2.[Y]. The zero-order valence-electron chi connectivity index (χ0n) is 11.4. The molecule has 0 N–H and O–H groups in total. The van der Waals surface area contributed by atoms with Gasteiger partial charge in [0, 0.05) is 32.7 Å². The maximum atomic E-state index is 4.28. The molecule has 0 fully saturated rings. The second-order valence-corrected chi connectivity index (χ2v) is 5.46. The first-order valence-corrected chi connectivity index (χ1v) is 6.66. The van der Waals surface area contributed by atoms with Crippen LogP contribution in [0, 0.1) is 7.05 Å². The molecule has 1 radical (unpaired) electrons. The smallest absolute Gasteiger partial charge is 0 e. The van der Waals surface area contributed by atoms with Crippen LogP contribution < -0.4 is 0 Å². The number of nitrogens with zero attached hydrogens (tertiary/aromatic N) is 1. The number of benzene rings is 1. The van der Waals surface area contributed by atoms with E-state index in [2.05, 4.69) is 43.7 Å². The minimum Gasteiger partial charge on any atom is -0.484 e. The number of hydrogen-bond donors (Lipinski definition) is 0. The maximum absolute atomic E-state index is 4.28. The minimum atomic E-state index is 0. The molecular formula is C16H20NY-. The van der Waals surface area contributed by atoms with Crippen LogP contribution in [0.5, 0.6) is 0 Å². The van der Waals surface area contributed by atoms with Gasteiger partial charge in [0.1, 0.15) is 0 Å². The van der Waals surface area contributed by atoms with E-state index in [-0.39, 0.29) is 32.7 Å². The van der Waals surface area contributed by atoms with Crippen molar-refractivity contribution in [2.45, 2.75) is 45.4 Å². The Morgan fingerprint density at radius 3 is 2.61 bits per heavy atom. The van der Waals surface area contributed by atoms with Crippen molar-refractivity contribution >= 4 is 10.9 Å². The second kappa shape index (κ2) is 5.39. The number of hydrogen-bond acceptors (Lipinski definition) is 0. The van der Waals surface area contributed by atoms with E-state index in [0.717, 1.165) is 0 Å². The standard InChI is InChI=1S/C16H20N.Y/c1-11(2)12-8-6-9-14-13-7-4-5-10-15(13)17(3)16(12)14;/h6,8-9,11H,3-5,7,10H2,1-2H3;/q-1;. The number of rotatable bonds is 1. The van der Waals surface area contributed by atoms with E-state index < -0.39 is 0 Å². The van der Waals surface area contributed by atoms with Crippen LogP contribution in [0.2, 0.25) is 0 Å². The molecule has 1 heterocycles. The topological polar surface area (TPSA) is 4.93 Å². The molecule has 18 heavy (non-hydrogen) atoms. The van der Waals surface area contributed by atoms with Crippen LogP contribution in [0.3, 0.4) is 0 Å². The molecule has 0 bridgehead atoms. The molecule has 0 atom stereocenters. The van der Waals surface area contributed by atoms with E-state index >= 15 is 0 Å². The van der Waals surface area contributed by atoms with Crippen LogP contribution in [0.25, 0.3) is 10.9 Å². The number of fused-ring (bicyclic) bond motifs is 3. The third-order valence-corrected chi connectivity index (χ3v) is 4.05. The predicted octanol–water partition coefficient (Wildman–Crippen LogP) is 4.28. The molecule has 3 rings (SSSR count). The van der Waals surface area contributed by atoms with Gasteiger partial charge >= 0.3 is 0 Å². The summed E-state index contributed by atoms with van der Waals surface area (Å²) < 4.78 is 2.21. The summed E-state index contributed by atoms with van der Waals surface area (Å²) in [7, 11) is 4.28. The van der Waals surface area contributed by atoms with E-state index in [4.69, 9.17) is 0 Å². The summed E-state index contributed by atoms with van der Waals surface area (Å²) in [4.78, 5) is 0. The Kier molecular flexibility index (Phi) is 4.23. The molecule has 0 saturated carbocycles. The van der Waals surface area contributed by atoms with Gasteiger partial charge in [-0.25, -0.2) is 0 Å². The van der Waals surface area contributed by atoms with Crippen molar-refractivity contribution in [1.29, 1.82) is 0 Å². The monoisotopic (exact) mass is 315 g/mol. The Hall–Kier alpha value is -0.266. The van der Waals surface area contributed by atoms with Crippen molar-refractivity contribution in [3.05, 3.63) is 42.1 Å². The number of aromatic nitrogens is 1. The van der Waals surface area contributed by atoms with Crippen molar-refractivity contribution in [3.63, 3.8) is 0 Å². The first-order valence-electron chi connectivity index (χ1n) is 6.66. The average molecular weight is 315 g/mol. The van der Waals surface area contributed by atoms with Crippen LogP contribution in [-0.4, -0.2) is 4.57 Å². The Morgan fingerprint density at radius 1 is 1.17 bits per heavy atom. The summed E-state index contributed by atoms with van der Waals surface area (Å²) in [6.07, 6.45) is 5.08. The largest absolute Gasteiger partial charge is 0.484 e. The van der Waals surface area contributed by atoms with E-state index in [1.165, 1.54) is 47.8 Å². The quantitative estimate of drug-likeness (QED) is 0.692. The molecule has 1 aromatic carbocycles. The maximum Gasteiger partial charge on any atom is 0 e. The summed E-state index contributed by atoms with van der Waals surface area (Å²) in [6.45, 7) is 4.53. The van der Waals surface area contributed by atoms with Gasteiger partial charge in [0.2, 0.25) is 0 Å². The molecule has 2 heteroatoms. The van der Waals surface area contributed by atoms with Crippen molar-refractivity contribution < 1.29 is 32.7 Å². The van der Waals surface area contributed by atoms with Crippen LogP contribution in [0.4, 0.5) is 0 Å². The van der Waals surface area contributed by atoms with E-state index in [0.29, 0.717) is 5.92 Å². The van der Waals surface area contributed by atoms with E-state index in [9.17, 15) is 0 Å². The van der Waals surface area contributed by atoms with Crippen molar-refractivity contribution in [1.82, 2.24) is 4.57 Å². The van der Waals surface area contributed by atoms with Gasteiger partial charge < -0.3 is 4.57 Å². The van der Waals surface area contributed by atoms with Crippen molar-refractivity contribution in [2.75, 3.05) is 0 Å². The summed E-state index contributed by atoms with van der Waals surface area (Å²) in [5.74, 6) is 0.565. The molecule has 1 aliphatic carbocycles. The summed E-state index contributed by atoms with van der Waals surface area (Å²) in [6, 6.07) is 6.72. The second-order valence-electron chi connectivity index (χ2n) is 5.46. The summed E-state index contributed by atoms with van der Waals surface area (Å²) in [5.41, 5.74) is 5.84. The van der Waals surface area contributed by atoms with Crippen molar-refractivity contribution in [2.24, 2.45) is 0 Å². The zero-order chi connectivity index (χ0) is 12.0. The summed E-state index contributed by atoms with van der Waals surface area (Å²) >= 11 is 0. The molecule has 0 aliphatic heterocycles. The Labute approximate surface area is 135 Å².